The van der Waals surface area contributed by atoms with E-state index in [4.69, 9.17) is 0 Å². The van der Waals surface area contributed by atoms with Crippen LogP contribution in [0.5, 0.6) is 0 Å². The average Bonchev–Trinajstić information content (AvgIpc) is 3.01. The molecule has 1 aromatic heterocycles. The number of rotatable bonds is 4. The monoisotopic (exact) mass is 282 g/mol. The van der Waals surface area contributed by atoms with E-state index in [0.717, 1.165) is 19.5 Å². The molecule has 1 amide bonds. The van der Waals surface area contributed by atoms with Gasteiger partial charge in [-0.25, -0.2) is 9.97 Å². The van der Waals surface area contributed by atoms with Crippen LogP contribution in [0, 0.1) is 5.92 Å². The smallest absolute Gasteiger partial charge is 0.256 e. The molecular formula is C16H18N4O. The van der Waals surface area contributed by atoms with Gasteiger partial charge in [0.25, 0.3) is 5.91 Å². The Morgan fingerprint density at radius 1 is 1.38 bits per heavy atom. The minimum Gasteiger partial charge on any atom is -0.316 e. The van der Waals surface area contributed by atoms with Crippen molar-refractivity contribution in [2.24, 2.45) is 5.92 Å². The third-order valence-electron chi connectivity index (χ3n) is 3.70. The van der Waals surface area contributed by atoms with Crippen molar-refractivity contribution in [1.29, 1.82) is 0 Å². The van der Waals surface area contributed by atoms with Crippen LogP contribution in [0.3, 0.4) is 0 Å². The fourth-order valence-corrected chi connectivity index (χ4v) is 2.61. The lowest BCUT2D eigenvalue weighted by Crippen LogP contribution is -2.14. The van der Waals surface area contributed by atoms with Gasteiger partial charge in [-0.3, -0.25) is 4.79 Å². The van der Waals surface area contributed by atoms with Gasteiger partial charge in [-0.05, 0) is 55.6 Å². The van der Waals surface area contributed by atoms with Gasteiger partial charge in [-0.2, -0.15) is 0 Å². The molecule has 108 valence electrons. The Balaban J connectivity index is 1.68. The molecule has 2 aromatic rings. The Hall–Kier alpha value is -2.27. The lowest BCUT2D eigenvalue weighted by atomic mass is 9.97. The van der Waals surface area contributed by atoms with Crippen molar-refractivity contribution >= 4 is 11.7 Å². The fourth-order valence-electron chi connectivity index (χ4n) is 2.61. The molecule has 1 atom stereocenters. The maximum absolute atomic E-state index is 12.2. The molecule has 2 N–H and O–H groups in total. The third kappa shape index (κ3) is 3.64. The van der Waals surface area contributed by atoms with Crippen molar-refractivity contribution in [3.8, 4) is 0 Å². The molecule has 1 aliphatic heterocycles. The summed E-state index contributed by atoms with van der Waals surface area (Å²) in [6, 6.07) is 9.49. The molecule has 0 spiro atoms. The standard InChI is InChI=1S/C16H18N4O/c21-16(20-15-5-7-18-11-19-15)14-3-1-2-12(9-14)8-13-4-6-17-10-13/h1-3,5,7,9,11,13,17H,4,6,8,10H2,(H,18,19,20,21). The Morgan fingerprint density at radius 2 is 2.33 bits per heavy atom. The second-order valence-electron chi connectivity index (χ2n) is 5.31. The van der Waals surface area contributed by atoms with E-state index in [-0.39, 0.29) is 5.91 Å². The number of anilines is 1. The molecule has 1 aromatic carbocycles. The summed E-state index contributed by atoms with van der Waals surface area (Å²) in [7, 11) is 0. The summed E-state index contributed by atoms with van der Waals surface area (Å²) in [5.74, 6) is 1.05. The van der Waals surface area contributed by atoms with Crippen molar-refractivity contribution in [3.63, 3.8) is 0 Å². The van der Waals surface area contributed by atoms with Gasteiger partial charge < -0.3 is 10.6 Å². The van der Waals surface area contributed by atoms with Crippen LogP contribution in [0.1, 0.15) is 22.3 Å². The molecule has 5 heteroatoms. The molecule has 0 aliphatic carbocycles. The lowest BCUT2D eigenvalue weighted by Gasteiger charge is -2.10. The third-order valence-corrected chi connectivity index (χ3v) is 3.70. The Kier molecular flexibility index (Phi) is 4.21. The second kappa shape index (κ2) is 6.45. The van der Waals surface area contributed by atoms with Crippen LogP contribution >= 0.6 is 0 Å². The summed E-state index contributed by atoms with van der Waals surface area (Å²) in [6.45, 7) is 2.16. The maximum atomic E-state index is 12.2. The predicted octanol–water partition coefficient (Wildman–Crippen LogP) is 1.88. The number of benzene rings is 1. The molecule has 1 saturated heterocycles. The number of aromatic nitrogens is 2. The van der Waals surface area contributed by atoms with Gasteiger partial charge in [0.2, 0.25) is 0 Å². The van der Waals surface area contributed by atoms with Crippen LogP contribution in [0.25, 0.3) is 0 Å². The summed E-state index contributed by atoms with van der Waals surface area (Å²) in [5, 5.41) is 6.15. The van der Waals surface area contributed by atoms with Crippen molar-refractivity contribution in [3.05, 3.63) is 54.0 Å². The van der Waals surface area contributed by atoms with Gasteiger partial charge in [-0.15, -0.1) is 0 Å². The highest BCUT2D eigenvalue weighted by molar-refractivity contribution is 6.03. The van der Waals surface area contributed by atoms with Gasteiger partial charge in [0.1, 0.15) is 12.1 Å². The minimum atomic E-state index is -0.139. The summed E-state index contributed by atoms with van der Waals surface area (Å²) in [6.07, 6.45) is 5.24. The zero-order chi connectivity index (χ0) is 14.5. The molecule has 1 aliphatic rings. The molecule has 5 nitrogen and oxygen atoms in total. The van der Waals surface area contributed by atoms with Crippen molar-refractivity contribution in [2.45, 2.75) is 12.8 Å². The first-order chi connectivity index (χ1) is 10.3. The molecule has 0 bridgehead atoms. The molecule has 1 unspecified atom stereocenters. The van der Waals surface area contributed by atoms with Gasteiger partial charge in [-0.1, -0.05) is 12.1 Å². The summed E-state index contributed by atoms with van der Waals surface area (Å²) in [5.41, 5.74) is 1.87. The zero-order valence-corrected chi connectivity index (χ0v) is 11.7. The highest BCUT2D eigenvalue weighted by Gasteiger charge is 2.15. The van der Waals surface area contributed by atoms with Crippen molar-refractivity contribution < 1.29 is 4.79 Å². The first kappa shape index (κ1) is 13.7. The molecule has 0 saturated carbocycles. The van der Waals surface area contributed by atoms with E-state index in [9.17, 15) is 4.79 Å². The van der Waals surface area contributed by atoms with Crippen LogP contribution in [0.2, 0.25) is 0 Å². The SMILES string of the molecule is O=C(Nc1ccncn1)c1cccc(CC2CCNC2)c1. The first-order valence-corrected chi connectivity index (χ1v) is 7.18. The Labute approximate surface area is 123 Å². The van der Waals surface area contributed by atoms with E-state index in [1.165, 1.54) is 18.3 Å². The number of carbonyl (C=O) groups is 1. The van der Waals surface area contributed by atoms with Crippen LogP contribution in [-0.2, 0) is 6.42 Å². The number of nitrogens with one attached hydrogen (secondary N) is 2. The fraction of sp³-hybridized carbons (Fsp3) is 0.312. The van der Waals surface area contributed by atoms with E-state index < -0.39 is 0 Å². The van der Waals surface area contributed by atoms with E-state index in [1.54, 1.807) is 12.3 Å². The lowest BCUT2D eigenvalue weighted by molar-refractivity contribution is 0.102. The summed E-state index contributed by atoms with van der Waals surface area (Å²) >= 11 is 0. The number of carbonyl (C=O) groups excluding carboxylic acids is 1. The molecule has 1 fully saturated rings. The van der Waals surface area contributed by atoms with E-state index >= 15 is 0 Å². The van der Waals surface area contributed by atoms with Gasteiger partial charge in [0.05, 0.1) is 0 Å². The van der Waals surface area contributed by atoms with E-state index in [1.807, 2.05) is 18.2 Å². The summed E-state index contributed by atoms with van der Waals surface area (Å²) < 4.78 is 0. The highest BCUT2D eigenvalue weighted by Crippen LogP contribution is 2.16. The van der Waals surface area contributed by atoms with Crippen LogP contribution < -0.4 is 10.6 Å². The van der Waals surface area contributed by atoms with E-state index in [0.29, 0.717) is 17.3 Å². The first-order valence-electron chi connectivity index (χ1n) is 7.18. The van der Waals surface area contributed by atoms with Crippen LogP contribution in [-0.4, -0.2) is 29.0 Å². The predicted molar refractivity (Wildman–Crippen MR) is 81.1 cm³/mol. The zero-order valence-electron chi connectivity index (χ0n) is 11.7. The van der Waals surface area contributed by atoms with Gasteiger partial charge in [0, 0.05) is 11.8 Å². The number of amides is 1. The Morgan fingerprint density at radius 3 is 3.10 bits per heavy atom. The normalized spacial score (nSPS) is 17.6. The van der Waals surface area contributed by atoms with Gasteiger partial charge in [0.15, 0.2) is 0 Å². The van der Waals surface area contributed by atoms with Crippen molar-refractivity contribution in [1.82, 2.24) is 15.3 Å². The largest absolute Gasteiger partial charge is 0.316 e. The molecule has 2 heterocycles. The van der Waals surface area contributed by atoms with E-state index in [2.05, 4.69) is 26.7 Å². The maximum Gasteiger partial charge on any atom is 0.256 e. The Bertz CT molecular complexity index is 609. The second-order valence-corrected chi connectivity index (χ2v) is 5.31. The number of hydrogen-bond donors (Lipinski definition) is 2. The van der Waals surface area contributed by atoms with Gasteiger partial charge >= 0.3 is 0 Å². The topological polar surface area (TPSA) is 66.9 Å². The molecule has 3 rings (SSSR count). The van der Waals surface area contributed by atoms with Crippen LogP contribution in [0.15, 0.2) is 42.9 Å². The molecule has 21 heavy (non-hydrogen) atoms. The average molecular weight is 282 g/mol. The molecule has 0 radical (unpaired) electrons. The molecular weight excluding hydrogens is 264 g/mol. The van der Waals surface area contributed by atoms with Crippen LogP contribution in [0.4, 0.5) is 5.82 Å². The quantitative estimate of drug-likeness (QED) is 0.898. The van der Waals surface area contributed by atoms with Crippen molar-refractivity contribution in [2.75, 3.05) is 18.4 Å². The summed E-state index contributed by atoms with van der Waals surface area (Å²) in [4.78, 5) is 20.0. The number of nitrogens with zero attached hydrogens (tertiary/aromatic N) is 2. The minimum absolute atomic E-state index is 0.139. The number of hydrogen-bond acceptors (Lipinski definition) is 4. The highest BCUT2D eigenvalue weighted by atomic mass is 16.1.